The van der Waals surface area contributed by atoms with Gasteiger partial charge in [0.25, 0.3) is 0 Å². The lowest BCUT2D eigenvalue weighted by Gasteiger charge is -2.66. The molecule has 8 bridgehead atoms. The Morgan fingerprint density at radius 1 is 0.970 bits per heavy atom. The van der Waals surface area contributed by atoms with Crippen LogP contribution in [0.5, 0.6) is 5.75 Å². The molecule has 5 aliphatic carbocycles. The number of benzene rings is 1. The van der Waals surface area contributed by atoms with Crippen LogP contribution in [0.25, 0.3) is 0 Å². The molecule has 3 spiro atoms. The fraction of sp³-hybridized carbons (Fsp3) is 0.804. The third-order valence-corrected chi connectivity index (χ3v) is 23.1. The number of aliphatic hydroxyl groups is 8. The summed E-state index contributed by atoms with van der Waals surface area (Å²) >= 11 is 0. The predicted octanol–water partition coefficient (Wildman–Crippen LogP) is 5.04. The second-order valence-corrected chi connectivity index (χ2v) is 25.6. The third kappa shape index (κ3) is 6.95. The number of fused-ring (bicyclic) bond motifs is 2. The fourth-order valence-corrected chi connectivity index (χ4v) is 19.7. The summed E-state index contributed by atoms with van der Waals surface area (Å²) in [6.45, 7) is 9.40. The van der Waals surface area contributed by atoms with E-state index >= 15 is 9.59 Å². The number of phenolic OH excluding ortho intramolecular Hbond substituents is 1. The van der Waals surface area contributed by atoms with E-state index in [0.29, 0.717) is 87.9 Å². The van der Waals surface area contributed by atoms with Crippen molar-refractivity contribution in [2.24, 2.45) is 57.2 Å². The second kappa shape index (κ2) is 17.2. The average Bonchev–Trinajstić information content (AvgIpc) is 3.94. The minimum Gasteiger partial charge on any atom is -0.508 e. The zero-order valence-corrected chi connectivity index (χ0v) is 41.0. The van der Waals surface area contributed by atoms with Crippen molar-refractivity contribution in [2.45, 2.75) is 170 Å². The van der Waals surface area contributed by atoms with Crippen molar-refractivity contribution in [3.8, 4) is 5.75 Å². The summed E-state index contributed by atoms with van der Waals surface area (Å²) in [5.41, 5.74) is -9.58. The number of anilines is 1. The molecule has 2 saturated heterocycles. The molecule has 1 amide bonds. The highest BCUT2D eigenvalue weighted by molar-refractivity contribution is 8.77. The van der Waals surface area contributed by atoms with Gasteiger partial charge in [-0.1, -0.05) is 55.7 Å². The van der Waals surface area contributed by atoms with Crippen molar-refractivity contribution < 1.29 is 60.3 Å². The maximum atomic E-state index is 15.5. The average molecular weight is 958 g/mol. The van der Waals surface area contributed by atoms with Crippen LogP contribution in [0, 0.1) is 57.2 Å². The van der Waals surface area contributed by atoms with E-state index in [1.165, 1.54) is 16.9 Å². The molecule has 9 N–H and O–H groups in total. The number of allylic oxidation sites excluding steroid dienone is 1. The summed E-state index contributed by atoms with van der Waals surface area (Å²) in [4.78, 5) is 32.6. The third-order valence-electron chi connectivity index (χ3n) is 20.0. The monoisotopic (exact) mass is 957 g/mol. The number of ether oxygens (including phenoxy) is 1. The van der Waals surface area contributed by atoms with Gasteiger partial charge in [0.1, 0.15) is 22.9 Å². The molecule has 1 aromatic carbocycles. The number of carbonyl (C=O) groups is 2. The van der Waals surface area contributed by atoms with E-state index in [-0.39, 0.29) is 73.2 Å². The van der Waals surface area contributed by atoms with Crippen molar-refractivity contribution >= 4 is 39.0 Å². The number of hydrogen-bond donors (Lipinski definition) is 9. The van der Waals surface area contributed by atoms with E-state index in [9.17, 15) is 46.0 Å². The van der Waals surface area contributed by atoms with Crippen LogP contribution >= 0.6 is 21.6 Å². The van der Waals surface area contributed by atoms with Gasteiger partial charge < -0.3 is 55.6 Å². The quantitative estimate of drug-likeness (QED) is 0.117. The largest absolute Gasteiger partial charge is 0.508 e. The molecule has 368 valence electrons. The molecule has 17 unspecified atom stereocenters. The van der Waals surface area contributed by atoms with Gasteiger partial charge in [0, 0.05) is 42.2 Å². The number of carbonyl (C=O) groups excluding carboxylic acids is 2. The lowest BCUT2D eigenvalue weighted by atomic mass is 9.39. The number of phenols is 1. The van der Waals surface area contributed by atoms with Gasteiger partial charge in [-0.25, -0.2) is 0 Å². The Bertz CT molecular complexity index is 2090. The standard InChI is InChI=1S/C51H75NO12S2/c1-28(2)29(3)41-42(64-41)46(5,61)38-13-16-51(63)36-23-39(57)50-24-40(58)48(62,27-55)26-45(50,4)34(36)12-15-47(38,51)14-11-30-20-32(22-33(56)21-30)52-18-17-49(43(52)59)31(25-54)8-6-9-35(49)37(10-7-19-53)65-66-44(50)60/h20-23,28-29,31,34-35,37-38,40-42,44,53-56,58,60-63H,6-19,24-27H2,1-5H3. The molecular weight excluding hydrogens is 883 g/mol. The van der Waals surface area contributed by atoms with Gasteiger partial charge in [-0.3, -0.25) is 9.59 Å². The SMILES string of the molecule is CC(C)C(C)C1OC1C(C)(O)C1CCC2(O)C3=CC(=O)C45CC(O)C(O)(CO)CC4(C)C3CCC12CCc1cc(O)cc(c1)N1CCC2(C1=O)C(CO)CCCC2C(CCCO)SSC5O. The molecule has 1 aromatic rings. The van der Waals surface area contributed by atoms with Gasteiger partial charge in [0.15, 0.2) is 5.78 Å². The summed E-state index contributed by atoms with van der Waals surface area (Å²) in [5.74, 6) is -1.79. The Balaban J connectivity index is 1.23. The van der Waals surface area contributed by atoms with Gasteiger partial charge in [-0.05, 0) is 161 Å². The molecule has 15 heteroatoms. The Morgan fingerprint density at radius 2 is 1.73 bits per heavy atom. The number of aromatic hydroxyl groups is 1. The zero-order chi connectivity index (χ0) is 47.6. The Kier molecular flexibility index (Phi) is 12.9. The van der Waals surface area contributed by atoms with Crippen LogP contribution < -0.4 is 4.90 Å². The number of nitrogens with zero attached hydrogens (tertiary/aromatic N) is 1. The summed E-state index contributed by atoms with van der Waals surface area (Å²) < 4.78 is 6.34. The Labute approximate surface area is 397 Å². The summed E-state index contributed by atoms with van der Waals surface area (Å²) in [7, 11) is 2.50. The van der Waals surface area contributed by atoms with E-state index in [1.807, 2.05) is 19.9 Å². The molecule has 5 heterocycles. The van der Waals surface area contributed by atoms with E-state index < -0.39 is 80.3 Å². The zero-order valence-electron chi connectivity index (χ0n) is 39.4. The fourth-order valence-electron chi connectivity index (χ4n) is 16.1. The predicted molar refractivity (Wildman–Crippen MR) is 252 cm³/mol. The first-order chi connectivity index (χ1) is 31.2. The number of hydrogen-bond acceptors (Lipinski definition) is 14. The molecule has 17 atom stereocenters. The van der Waals surface area contributed by atoms with Crippen LogP contribution in [0.1, 0.15) is 124 Å². The first-order valence-electron chi connectivity index (χ1n) is 24.9. The number of ketones is 1. The van der Waals surface area contributed by atoms with E-state index in [1.54, 1.807) is 17.0 Å². The molecule has 0 radical (unpaired) electrons. The molecular formula is C51H75NO12S2. The van der Waals surface area contributed by atoms with E-state index in [2.05, 4.69) is 20.8 Å². The molecule has 11 rings (SSSR count). The Hall–Kier alpha value is -1.76. The molecule has 66 heavy (non-hydrogen) atoms. The topological polar surface area (TPSA) is 232 Å². The second-order valence-electron chi connectivity index (χ2n) is 23.0. The highest BCUT2D eigenvalue weighted by atomic mass is 33.1. The van der Waals surface area contributed by atoms with Gasteiger partial charge in [-0.15, -0.1) is 0 Å². The van der Waals surface area contributed by atoms with E-state index in [0.717, 1.165) is 22.8 Å². The van der Waals surface area contributed by atoms with Crippen LogP contribution in [0.3, 0.4) is 0 Å². The highest BCUT2D eigenvalue weighted by Gasteiger charge is 2.76. The maximum Gasteiger partial charge on any atom is 0.233 e. The van der Waals surface area contributed by atoms with Crippen LogP contribution in [0.4, 0.5) is 5.69 Å². The normalized spacial score (nSPS) is 45.9. The van der Waals surface area contributed by atoms with E-state index in [4.69, 9.17) is 4.74 Å². The van der Waals surface area contributed by atoms with Crippen molar-refractivity contribution in [3.05, 3.63) is 35.4 Å². The number of amides is 1. The van der Waals surface area contributed by atoms with Gasteiger partial charge in [-0.2, -0.15) is 0 Å². The maximum absolute atomic E-state index is 15.5. The molecule has 13 nitrogen and oxygen atoms in total. The van der Waals surface area contributed by atoms with Gasteiger partial charge in [0.05, 0.1) is 40.8 Å². The summed E-state index contributed by atoms with van der Waals surface area (Å²) in [6.07, 6.45) is 4.46. The van der Waals surface area contributed by atoms with Crippen LogP contribution in [0.2, 0.25) is 0 Å². The van der Waals surface area contributed by atoms with Gasteiger partial charge in [0.2, 0.25) is 5.91 Å². The highest BCUT2D eigenvalue weighted by Crippen LogP contribution is 2.74. The minimum absolute atomic E-state index is 0.00755. The lowest BCUT2D eigenvalue weighted by molar-refractivity contribution is -0.231. The number of rotatable bonds is 9. The molecule has 5 aliphatic heterocycles. The first-order valence-corrected chi connectivity index (χ1v) is 27.2. The number of aliphatic hydroxyl groups excluding tert-OH is 5. The van der Waals surface area contributed by atoms with Crippen molar-refractivity contribution in [3.63, 3.8) is 0 Å². The van der Waals surface area contributed by atoms with Crippen LogP contribution in [-0.2, 0) is 20.7 Å². The van der Waals surface area contributed by atoms with Crippen molar-refractivity contribution in [1.82, 2.24) is 0 Å². The van der Waals surface area contributed by atoms with Gasteiger partial charge >= 0.3 is 0 Å². The van der Waals surface area contributed by atoms with Crippen LogP contribution in [0.15, 0.2) is 29.8 Å². The molecule has 0 aromatic heterocycles. The Morgan fingerprint density at radius 3 is 2.42 bits per heavy atom. The van der Waals surface area contributed by atoms with Crippen molar-refractivity contribution in [2.75, 3.05) is 31.3 Å². The number of epoxide rings is 1. The minimum atomic E-state index is -2.00. The lowest BCUT2D eigenvalue weighted by Crippen LogP contribution is -2.71. The summed E-state index contributed by atoms with van der Waals surface area (Å²) in [6, 6.07) is 5.25. The molecule has 4 saturated carbocycles. The molecule has 6 fully saturated rings. The number of aryl methyl sites for hydroxylation is 1. The van der Waals surface area contributed by atoms with Crippen molar-refractivity contribution in [1.29, 1.82) is 0 Å². The molecule has 10 aliphatic rings. The summed E-state index contributed by atoms with van der Waals surface area (Å²) in [5, 5.41) is 106. The first kappa shape index (κ1) is 49.2. The van der Waals surface area contributed by atoms with Crippen LogP contribution in [-0.4, -0.2) is 130 Å². The smallest absolute Gasteiger partial charge is 0.233 e.